The molecule has 0 amide bonds. The molecule has 1 aliphatic rings. The van der Waals surface area contributed by atoms with E-state index in [0.29, 0.717) is 12.5 Å². The minimum absolute atomic E-state index is 0.207. The summed E-state index contributed by atoms with van der Waals surface area (Å²) in [5, 5.41) is 13.5. The van der Waals surface area contributed by atoms with Gasteiger partial charge in [-0.25, -0.2) is 4.99 Å². The molecule has 0 aliphatic carbocycles. The van der Waals surface area contributed by atoms with Crippen LogP contribution >= 0.6 is 0 Å². The highest BCUT2D eigenvalue weighted by Gasteiger charge is 2.21. The van der Waals surface area contributed by atoms with Gasteiger partial charge in [-0.15, -0.1) is 0 Å². The average Bonchev–Trinajstić information content (AvgIpc) is 3.03. The van der Waals surface area contributed by atoms with Gasteiger partial charge in [0.25, 0.3) is 0 Å². The van der Waals surface area contributed by atoms with Crippen LogP contribution in [0.4, 0.5) is 0 Å². The second-order valence-corrected chi connectivity index (χ2v) is 6.30. The first-order valence-corrected chi connectivity index (χ1v) is 8.51. The number of hydrogen-bond acceptors (Lipinski definition) is 4. The Hall–Kier alpha value is -1.60. The van der Waals surface area contributed by atoms with Crippen LogP contribution in [0.2, 0.25) is 0 Å². The smallest absolute Gasteiger partial charge is 0.191 e. The first-order chi connectivity index (χ1) is 11.2. The minimum atomic E-state index is 0.207. The lowest BCUT2D eigenvalue weighted by atomic mass is 10.2. The SMILES string of the molecule is CCNC(=NCc1ccn[nH]1)NCC1CN(CC(C)C)CCO1. The van der Waals surface area contributed by atoms with E-state index in [-0.39, 0.29) is 6.10 Å². The van der Waals surface area contributed by atoms with Crippen molar-refractivity contribution in [3.8, 4) is 0 Å². The molecule has 1 aliphatic heterocycles. The first-order valence-electron chi connectivity index (χ1n) is 8.51. The molecule has 0 bridgehead atoms. The topological polar surface area (TPSA) is 77.6 Å². The largest absolute Gasteiger partial charge is 0.374 e. The monoisotopic (exact) mass is 322 g/mol. The molecule has 1 saturated heterocycles. The number of ether oxygens (including phenoxy) is 1. The Morgan fingerprint density at radius 2 is 2.39 bits per heavy atom. The summed E-state index contributed by atoms with van der Waals surface area (Å²) in [7, 11) is 0. The quantitative estimate of drug-likeness (QED) is 0.512. The van der Waals surface area contributed by atoms with Crippen molar-refractivity contribution in [3.05, 3.63) is 18.0 Å². The van der Waals surface area contributed by atoms with E-state index in [0.717, 1.165) is 51.0 Å². The van der Waals surface area contributed by atoms with Crippen molar-refractivity contribution < 1.29 is 4.74 Å². The van der Waals surface area contributed by atoms with Gasteiger partial charge in [0.15, 0.2) is 5.96 Å². The van der Waals surface area contributed by atoms with Gasteiger partial charge in [-0.3, -0.25) is 10.00 Å². The first kappa shape index (κ1) is 17.7. The Labute approximate surface area is 138 Å². The van der Waals surface area contributed by atoms with Crippen molar-refractivity contribution in [1.29, 1.82) is 0 Å². The van der Waals surface area contributed by atoms with Crippen LogP contribution < -0.4 is 10.6 Å². The van der Waals surface area contributed by atoms with Crippen LogP contribution in [0.1, 0.15) is 26.5 Å². The standard InChI is InChI=1S/C16H30N6O/c1-4-17-16(18-9-14-5-6-20-21-14)19-10-15-12-22(7-8-23-15)11-13(2)3/h5-6,13,15H,4,7-12H2,1-3H3,(H,20,21)(H2,17,18,19). The molecule has 2 heterocycles. The van der Waals surface area contributed by atoms with E-state index in [1.54, 1.807) is 6.20 Å². The molecule has 7 nitrogen and oxygen atoms in total. The fourth-order valence-electron chi connectivity index (χ4n) is 2.68. The van der Waals surface area contributed by atoms with E-state index in [1.807, 2.05) is 6.07 Å². The fourth-order valence-corrected chi connectivity index (χ4v) is 2.68. The van der Waals surface area contributed by atoms with Gasteiger partial charge in [0, 0.05) is 38.9 Å². The molecule has 0 saturated carbocycles. The van der Waals surface area contributed by atoms with E-state index in [1.165, 1.54) is 0 Å². The van der Waals surface area contributed by atoms with Gasteiger partial charge in [-0.1, -0.05) is 13.8 Å². The van der Waals surface area contributed by atoms with Crippen molar-refractivity contribution in [1.82, 2.24) is 25.7 Å². The number of rotatable bonds is 7. The lowest BCUT2D eigenvalue weighted by molar-refractivity contribution is -0.0284. The van der Waals surface area contributed by atoms with Crippen molar-refractivity contribution in [2.24, 2.45) is 10.9 Å². The van der Waals surface area contributed by atoms with Crippen molar-refractivity contribution in [2.45, 2.75) is 33.4 Å². The van der Waals surface area contributed by atoms with E-state index >= 15 is 0 Å². The zero-order chi connectivity index (χ0) is 16.5. The summed E-state index contributed by atoms with van der Waals surface area (Å²) in [6.45, 7) is 12.7. The van der Waals surface area contributed by atoms with Gasteiger partial charge in [0.2, 0.25) is 0 Å². The summed E-state index contributed by atoms with van der Waals surface area (Å²) in [6.07, 6.45) is 1.95. The highest BCUT2D eigenvalue weighted by molar-refractivity contribution is 5.79. The molecule has 130 valence electrons. The maximum absolute atomic E-state index is 5.87. The van der Waals surface area contributed by atoms with Crippen molar-refractivity contribution >= 4 is 5.96 Å². The molecule has 23 heavy (non-hydrogen) atoms. The number of aliphatic imine (C=N–C) groups is 1. The van der Waals surface area contributed by atoms with E-state index in [9.17, 15) is 0 Å². The maximum Gasteiger partial charge on any atom is 0.191 e. The zero-order valence-corrected chi connectivity index (χ0v) is 14.5. The van der Waals surface area contributed by atoms with Crippen LogP contribution in [-0.4, -0.2) is 66.5 Å². The molecular formula is C16H30N6O. The number of aromatic amines is 1. The number of nitrogens with one attached hydrogen (secondary N) is 3. The number of hydrogen-bond donors (Lipinski definition) is 3. The van der Waals surface area contributed by atoms with Crippen LogP contribution in [0.5, 0.6) is 0 Å². The third-order valence-electron chi connectivity index (χ3n) is 3.65. The zero-order valence-electron chi connectivity index (χ0n) is 14.5. The number of H-pyrrole nitrogens is 1. The fraction of sp³-hybridized carbons (Fsp3) is 0.750. The molecule has 3 N–H and O–H groups in total. The number of nitrogens with zero attached hydrogens (tertiary/aromatic N) is 3. The summed E-state index contributed by atoms with van der Waals surface area (Å²) in [5.74, 6) is 1.50. The minimum Gasteiger partial charge on any atom is -0.374 e. The lowest BCUT2D eigenvalue weighted by Crippen LogP contribution is -2.50. The van der Waals surface area contributed by atoms with Crippen molar-refractivity contribution in [2.75, 3.05) is 39.3 Å². The highest BCUT2D eigenvalue weighted by Crippen LogP contribution is 2.07. The summed E-state index contributed by atoms with van der Waals surface area (Å²) in [5.41, 5.74) is 0.999. The molecule has 1 fully saturated rings. The normalized spacial score (nSPS) is 20.0. The van der Waals surface area contributed by atoms with Gasteiger partial charge in [-0.2, -0.15) is 5.10 Å². The van der Waals surface area contributed by atoms with Gasteiger partial charge in [0.1, 0.15) is 0 Å². The third-order valence-corrected chi connectivity index (χ3v) is 3.65. The van der Waals surface area contributed by atoms with E-state index in [2.05, 4.69) is 51.5 Å². The molecule has 2 rings (SSSR count). The third kappa shape index (κ3) is 6.58. The molecular weight excluding hydrogens is 292 g/mol. The van der Waals surface area contributed by atoms with Crippen LogP contribution in [0.25, 0.3) is 0 Å². The van der Waals surface area contributed by atoms with Gasteiger partial charge in [-0.05, 0) is 18.9 Å². The van der Waals surface area contributed by atoms with Gasteiger partial charge >= 0.3 is 0 Å². The Kier molecular flexibility index (Phi) is 7.35. The number of guanidine groups is 1. The number of aromatic nitrogens is 2. The Morgan fingerprint density at radius 1 is 1.52 bits per heavy atom. The summed E-state index contributed by atoms with van der Waals surface area (Å²) >= 11 is 0. The second kappa shape index (κ2) is 9.52. The Balaban J connectivity index is 1.79. The predicted octanol–water partition coefficient (Wildman–Crippen LogP) is 0.822. The van der Waals surface area contributed by atoms with Crippen LogP contribution in [0.15, 0.2) is 17.3 Å². The summed E-state index contributed by atoms with van der Waals surface area (Å²) < 4.78 is 5.87. The molecule has 1 atom stereocenters. The molecule has 1 aromatic rings. The molecule has 1 unspecified atom stereocenters. The molecule has 0 radical (unpaired) electrons. The number of morpholine rings is 1. The molecule has 1 aromatic heterocycles. The highest BCUT2D eigenvalue weighted by atomic mass is 16.5. The maximum atomic E-state index is 5.87. The molecule has 0 spiro atoms. The second-order valence-electron chi connectivity index (χ2n) is 6.30. The average molecular weight is 322 g/mol. The Bertz CT molecular complexity index is 459. The molecule has 0 aromatic carbocycles. The van der Waals surface area contributed by atoms with Crippen molar-refractivity contribution in [3.63, 3.8) is 0 Å². The van der Waals surface area contributed by atoms with Crippen LogP contribution in [0, 0.1) is 5.92 Å². The van der Waals surface area contributed by atoms with E-state index < -0.39 is 0 Å². The van der Waals surface area contributed by atoms with Gasteiger partial charge in [0.05, 0.1) is 24.9 Å². The van der Waals surface area contributed by atoms with E-state index in [4.69, 9.17) is 4.74 Å². The van der Waals surface area contributed by atoms with Crippen LogP contribution in [-0.2, 0) is 11.3 Å². The summed E-state index contributed by atoms with van der Waals surface area (Å²) in [4.78, 5) is 7.04. The Morgan fingerprint density at radius 3 is 3.09 bits per heavy atom. The van der Waals surface area contributed by atoms with Gasteiger partial charge < -0.3 is 15.4 Å². The predicted molar refractivity (Wildman–Crippen MR) is 92.4 cm³/mol. The lowest BCUT2D eigenvalue weighted by Gasteiger charge is -2.34. The summed E-state index contributed by atoms with van der Waals surface area (Å²) in [6, 6.07) is 1.93. The van der Waals surface area contributed by atoms with Crippen LogP contribution in [0.3, 0.4) is 0 Å². The molecule has 7 heteroatoms.